The molecule has 1 aliphatic carbocycles. The van der Waals surface area contributed by atoms with Crippen molar-refractivity contribution in [3.05, 3.63) is 21.9 Å². The molecule has 2 atom stereocenters. The summed E-state index contributed by atoms with van der Waals surface area (Å²) in [5, 5.41) is 0. The number of rotatable bonds is 3. The summed E-state index contributed by atoms with van der Waals surface area (Å²) in [4.78, 5) is 16.6. The van der Waals surface area contributed by atoms with Crippen LogP contribution in [0.1, 0.15) is 29.0 Å². The van der Waals surface area contributed by atoms with E-state index in [2.05, 4.69) is 19.1 Å². The van der Waals surface area contributed by atoms with Crippen molar-refractivity contribution in [2.24, 2.45) is 11.7 Å². The predicted molar refractivity (Wildman–Crippen MR) is 78.1 cm³/mol. The second kappa shape index (κ2) is 6.55. The summed E-state index contributed by atoms with van der Waals surface area (Å²) < 4.78 is 0. The summed E-state index contributed by atoms with van der Waals surface area (Å²) in [7, 11) is 1.89. The van der Waals surface area contributed by atoms with Gasteiger partial charge in [0.25, 0.3) is 0 Å². The van der Waals surface area contributed by atoms with Gasteiger partial charge >= 0.3 is 0 Å². The van der Waals surface area contributed by atoms with Gasteiger partial charge in [-0.25, -0.2) is 0 Å². The van der Waals surface area contributed by atoms with Gasteiger partial charge in [-0.15, -0.1) is 23.7 Å². The average Bonchev–Trinajstić information content (AvgIpc) is 2.87. The molecule has 102 valence electrons. The van der Waals surface area contributed by atoms with Crippen LogP contribution in [0.25, 0.3) is 0 Å². The van der Waals surface area contributed by atoms with Crippen LogP contribution in [0.4, 0.5) is 0 Å². The molecule has 1 aromatic heterocycles. The lowest BCUT2D eigenvalue weighted by molar-refractivity contribution is -0.134. The normalized spacial score (nSPS) is 22.6. The second-order valence-corrected chi connectivity index (χ2v) is 6.35. The minimum absolute atomic E-state index is 0. The van der Waals surface area contributed by atoms with Crippen molar-refractivity contribution in [3.63, 3.8) is 0 Å². The zero-order valence-electron chi connectivity index (χ0n) is 10.9. The van der Waals surface area contributed by atoms with E-state index in [1.54, 1.807) is 11.3 Å². The van der Waals surface area contributed by atoms with Crippen molar-refractivity contribution in [3.8, 4) is 0 Å². The highest BCUT2D eigenvalue weighted by Crippen LogP contribution is 2.26. The first-order valence-corrected chi connectivity index (χ1v) is 6.94. The lowest BCUT2D eigenvalue weighted by atomic mass is 10.1. The van der Waals surface area contributed by atoms with Gasteiger partial charge in [-0.1, -0.05) is 0 Å². The van der Waals surface area contributed by atoms with Crippen LogP contribution in [-0.4, -0.2) is 23.9 Å². The molecule has 1 saturated carbocycles. The smallest absolute Gasteiger partial charge is 0.225 e. The Balaban J connectivity index is 0.00000162. The molecular formula is C13H21ClN2OS. The molecular weight excluding hydrogens is 268 g/mol. The van der Waals surface area contributed by atoms with Crippen molar-refractivity contribution >= 4 is 29.7 Å². The molecule has 0 spiro atoms. The molecule has 0 aliphatic heterocycles. The zero-order valence-corrected chi connectivity index (χ0v) is 12.5. The minimum Gasteiger partial charge on any atom is -0.340 e. The lowest BCUT2D eigenvalue weighted by Crippen LogP contribution is -2.32. The van der Waals surface area contributed by atoms with Crippen LogP contribution in [0, 0.1) is 12.8 Å². The molecule has 1 heterocycles. The molecule has 1 fully saturated rings. The number of carbonyl (C=O) groups is 1. The Morgan fingerprint density at radius 2 is 2.22 bits per heavy atom. The number of carbonyl (C=O) groups excluding carboxylic acids is 1. The molecule has 1 aromatic rings. The number of hydrogen-bond donors (Lipinski definition) is 1. The van der Waals surface area contributed by atoms with Crippen molar-refractivity contribution in [2.45, 2.75) is 38.8 Å². The standard InChI is InChI=1S/C13H20N2OS.ClH/c1-9-3-6-12(17-9)8-15(2)13(16)10-4-5-11(14)7-10;/h3,6,10-11H,4-5,7-8,14H2,1-2H3;1H. The van der Waals surface area contributed by atoms with Gasteiger partial charge in [0.2, 0.25) is 5.91 Å². The molecule has 1 amide bonds. The number of halogens is 1. The van der Waals surface area contributed by atoms with E-state index in [9.17, 15) is 4.79 Å². The van der Waals surface area contributed by atoms with Crippen molar-refractivity contribution < 1.29 is 4.79 Å². The van der Waals surface area contributed by atoms with Crippen LogP contribution < -0.4 is 5.73 Å². The maximum absolute atomic E-state index is 12.2. The Morgan fingerprint density at radius 1 is 1.50 bits per heavy atom. The maximum atomic E-state index is 12.2. The van der Waals surface area contributed by atoms with E-state index >= 15 is 0 Å². The van der Waals surface area contributed by atoms with Gasteiger partial charge < -0.3 is 10.6 Å². The van der Waals surface area contributed by atoms with E-state index in [1.165, 1.54) is 9.75 Å². The number of nitrogens with zero attached hydrogens (tertiary/aromatic N) is 1. The van der Waals surface area contributed by atoms with E-state index in [4.69, 9.17) is 5.73 Å². The molecule has 2 unspecified atom stereocenters. The molecule has 0 bridgehead atoms. The van der Waals surface area contributed by atoms with Crippen molar-refractivity contribution in [1.29, 1.82) is 0 Å². The van der Waals surface area contributed by atoms with E-state index in [0.29, 0.717) is 0 Å². The molecule has 3 nitrogen and oxygen atoms in total. The predicted octanol–water partition coefficient (Wildman–Crippen LogP) is 2.56. The Kier molecular flexibility index (Phi) is 5.63. The number of thiophene rings is 1. The van der Waals surface area contributed by atoms with Crippen LogP contribution in [-0.2, 0) is 11.3 Å². The van der Waals surface area contributed by atoms with Gasteiger partial charge in [0.05, 0.1) is 6.54 Å². The number of hydrogen-bond acceptors (Lipinski definition) is 3. The number of nitrogens with two attached hydrogens (primary N) is 1. The third kappa shape index (κ3) is 3.70. The van der Waals surface area contributed by atoms with Crippen LogP contribution in [0.15, 0.2) is 12.1 Å². The Labute approximate surface area is 119 Å². The maximum Gasteiger partial charge on any atom is 0.225 e. The molecule has 0 radical (unpaired) electrons. The largest absolute Gasteiger partial charge is 0.340 e. The zero-order chi connectivity index (χ0) is 12.4. The molecule has 5 heteroatoms. The van der Waals surface area contributed by atoms with Gasteiger partial charge in [0.15, 0.2) is 0 Å². The highest BCUT2D eigenvalue weighted by Gasteiger charge is 2.29. The summed E-state index contributed by atoms with van der Waals surface area (Å²) in [5.41, 5.74) is 5.85. The molecule has 1 aliphatic rings. The van der Waals surface area contributed by atoms with Crippen molar-refractivity contribution in [1.82, 2.24) is 4.90 Å². The highest BCUT2D eigenvalue weighted by atomic mass is 35.5. The quantitative estimate of drug-likeness (QED) is 0.929. The fraction of sp³-hybridized carbons (Fsp3) is 0.615. The SMILES string of the molecule is Cc1ccc(CN(C)C(=O)C2CCC(N)C2)s1.Cl. The minimum atomic E-state index is 0. The Bertz CT molecular complexity index is 407. The molecule has 0 aromatic carbocycles. The summed E-state index contributed by atoms with van der Waals surface area (Å²) in [6.07, 6.45) is 2.79. The van der Waals surface area contributed by atoms with Gasteiger partial charge in [-0.05, 0) is 38.3 Å². The van der Waals surface area contributed by atoms with Gasteiger partial charge in [0.1, 0.15) is 0 Å². The van der Waals surface area contributed by atoms with Crippen molar-refractivity contribution in [2.75, 3.05) is 7.05 Å². The summed E-state index contributed by atoms with van der Waals surface area (Å²) in [6, 6.07) is 4.43. The first-order valence-electron chi connectivity index (χ1n) is 6.12. The topological polar surface area (TPSA) is 46.3 Å². The Morgan fingerprint density at radius 3 is 2.72 bits per heavy atom. The van der Waals surface area contributed by atoms with E-state index < -0.39 is 0 Å². The van der Waals surface area contributed by atoms with E-state index in [0.717, 1.165) is 25.8 Å². The fourth-order valence-corrected chi connectivity index (χ4v) is 3.38. The van der Waals surface area contributed by atoms with E-state index in [1.807, 2.05) is 11.9 Å². The highest BCUT2D eigenvalue weighted by molar-refractivity contribution is 7.11. The lowest BCUT2D eigenvalue weighted by Gasteiger charge is -2.20. The van der Waals surface area contributed by atoms with Crippen LogP contribution in [0.5, 0.6) is 0 Å². The summed E-state index contributed by atoms with van der Waals surface area (Å²) in [5.74, 6) is 0.403. The number of amides is 1. The third-order valence-electron chi connectivity index (χ3n) is 3.39. The Hall–Kier alpha value is -0.580. The third-order valence-corrected chi connectivity index (χ3v) is 4.37. The molecule has 2 N–H and O–H groups in total. The average molecular weight is 289 g/mol. The second-order valence-electron chi connectivity index (χ2n) is 4.98. The molecule has 2 rings (SSSR count). The van der Waals surface area contributed by atoms with Gasteiger partial charge in [0, 0.05) is 28.8 Å². The van der Waals surface area contributed by atoms with Crippen LogP contribution in [0.2, 0.25) is 0 Å². The number of aryl methyl sites for hydroxylation is 1. The van der Waals surface area contributed by atoms with Crippen LogP contribution in [0.3, 0.4) is 0 Å². The molecule has 0 saturated heterocycles. The first-order chi connectivity index (χ1) is 8.06. The summed E-state index contributed by atoms with van der Waals surface area (Å²) in [6.45, 7) is 2.81. The first kappa shape index (κ1) is 15.5. The van der Waals surface area contributed by atoms with Crippen LogP contribution >= 0.6 is 23.7 Å². The molecule has 18 heavy (non-hydrogen) atoms. The summed E-state index contributed by atoms with van der Waals surface area (Å²) >= 11 is 1.76. The fourth-order valence-electron chi connectivity index (χ4n) is 2.43. The van der Waals surface area contributed by atoms with E-state index in [-0.39, 0.29) is 30.3 Å². The monoisotopic (exact) mass is 288 g/mol. The van der Waals surface area contributed by atoms with Gasteiger partial charge in [-0.3, -0.25) is 4.79 Å². The van der Waals surface area contributed by atoms with Gasteiger partial charge in [-0.2, -0.15) is 0 Å².